The normalized spacial score (nSPS) is 17.4. The molecule has 1 aromatic heterocycles. The lowest BCUT2D eigenvalue weighted by Gasteiger charge is -2.33. The van der Waals surface area contributed by atoms with Gasteiger partial charge in [0.05, 0.1) is 17.3 Å². The smallest absolute Gasteiger partial charge is 0.319 e. The van der Waals surface area contributed by atoms with E-state index in [0.717, 1.165) is 19.3 Å². The van der Waals surface area contributed by atoms with Crippen molar-refractivity contribution in [2.75, 3.05) is 11.9 Å². The molecule has 0 atom stereocenters. The van der Waals surface area contributed by atoms with E-state index in [2.05, 4.69) is 15.7 Å². The van der Waals surface area contributed by atoms with Crippen molar-refractivity contribution in [1.29, 1.82) is 0 Å². The summed E-state index contributed by atoms with van der Waals surface area (Å²) in [6.45, 7) is 0.161. The SMILES string of the molecule is Cn1cc(NC(=O)NCC2(C(=O)O)CCCCC2)cn1. The van der Waals surface area contributed by atoms with E-state index in [4.69, 9.17) is 0 Å². The van der Waals surface area contributed by atoms with Gasteiger partial charge in [0.1, 0.15) is 0 Å². The molecule has 7 nitrogen and oxygen atoms in total. The lowest BCUT2D eigenvalue weighted by atomic mass is 9.74. The van der Waals surface area contributed by atoms with Crippen LogP contribution in [0.15, 0.2) is 12.4 Å². The number of amides is 2. The molecule has 1 heterocycles. The molecule has 1 aliphatic rings. The van der Waals surface area contributed by atoms with Crippen LogP contribution in [0.4, 0.5) is 10.5 Å². The van der Waals surface area contributed by atoms with Gasteiger partial charge in [0.2, 0.25) is 0 Å². The molecule has 1 saturated carbocycles. The van der Waals surface area contributed by atoms with Crippen LogP contribution in [0.1, 0.15) is 32.1 Å². The van der Waals surface area contributed by atoms with Gasteiger partial charge in [-0.3, -0.25) is 9.48 Å². The predicted molar refractivity (Wildman–Crippen MR) is 73.4 cm³/mol. The predicted octanol–water partition coefficient (Wildman–Crippen LogP) is 1.58. The summed E-state index contributed by atoms with van der Waals surface area (Å²) in [7, 11) is 1.75. The fourth-order valence-corrected chi connectivity index (χ4v) is 2.61. The summed E-state index contributed by atoms with van der Waals surface area (Å²) >= 11 is 0. The molecular formula is C13H20N4O3. The minimum Gasteiger partial charge on any atom is -0.481 e. The second kappa shape index (κ2) is 5.94. The molecule has 1 aromatic rings. The quantitative estimate of drug-likeness (QED) is 0.780. The third-order valence-electron chi connectivity index (χ3n) is 3.81. The van der Waals surface area contributed by atoms with Gasteiger partial charge in [-0.2, -0.15) is 5.10 Å². The number of anilines is 1. The van der Waals surface area contributed by atoms with Gasteiger partial charge < -0.3 is 15.7 Å². The van der Waals surface area contributed by atoms with Crippen LogP contribution < -0.4 is 10.6 Å². The number of hydrogen-bond acceptors (Lipinski definition) is 3. The fourth-order valence-electron chi connectivity index (χ4n) is 2.61. The van der Waals surface area contributed by atoms with Gasteiger partial charge >= 0.3 is 12.0 Å². The molecule has 0 aromatic carbocycles. The number of carbonyl (C=O) groups excluding carboxylic acids is 1. The molecule has 0 unspecified atom stereocenters. The molecule has 0 radical (unpaired) electrons. The summed E-state index contributed by atoms with van der Waals surface area (Å²) < 4.78 is 1.58. The second-order valence-corrected chi connectivity index (χ2v) is 5.36. The number of carboxylic acids is 1. The van der Waals surface area contributed by atoms with Gasteiger partial charge in [0.15, 0.2) is 0 Å². The van der Waals surface area contributed by atoms with Gasteiger partial charge in [-0.1, -0.05) is 19.3 Å². The number of rotatable bonds is 4. The van der Waals surface area contributed by atoms with Crippen molar-refractivity contribution in [3.05, 3.63) is 12.4 Å². The largest absolute Gasteiger partial charge is 0.481 e. The third-order valence-corrected chi connectivity index (χ3v) is 3.81. The monoisotopic (exact) mass is 280 g/mol. The minimum absolute atomic E-state index is 0.161. The van der Waals surface area contributed by atoms with Crippen molar-refractivity contribution in [3.8, 4) is 0 Å². The highest BCUT2D eigenvalue weighted by molar-refractivity contribution is 5.89. The van der Waals surface area contributed by atoms with E-state index in [-0.39, 0.29) is 6.54 Å². The number of aliphatic carboxylic acids is 1. The van der Waals surface area contributed by atoms with E-state index in [0.29, 0.717) is 18.5 Å². The lowest BCUT2D eigenvalue weighted by Crippen LogP contribution is -2.45. The Balaban J connectivity index is 1.89. The Morgan fingerprint density at radius 2 is 2.10 bits per heavy atom. The maximum absolute atomic E-state index is 11.8. The van der Waals surface area contributed by atoms with Crippen LogP contribution in [0.2, 0.25) is 0 Å². The topological polar surface area (TPSA) is 96.2 Å². The van der Waals surface area contributed by atoms with E-state index in [1.54, 1.807) is 17.9 Å². The molecule has 1 fully saturated rings. The molecule has 110 valence electrons. The summed E-state index contributed by atoms with van der Waals surface area (Å²) in [6.07, 6.45) is 7.32. The molecule has 0 saturated heterocycles. The Hall–Kier alpha value is -2.05. The van der Waals surface area contributed by atoms with E-state index >= 15 is 0 Å². The summed E-state index contributed by atoms with van der Waals surface area (Å²) in [6, 6.07) is -0.399. The minimum atomic E-state index is -0.820. The highest BCUT2D eigenvalue weighted by Gasteiger charge is 2.39. The summed E-state index contributed by atoms with van der Waals surface area (Å²) in [4.78, 5) is 23.2. The first-order valence-corrected chi connectivity index (χ1v) is 6.79. The number of carboxylic acid groups (broad SMARTS) is 1. The zero-order chi connectivity index (χ0) is 14.6. The average molecular weight is 280 g/mol. The molecule has 0 spiro atoms. The standard InChI is InChI=1S/C13H20N4O3/c1-17-8-10(7-15-17)16-12(20)14-9-13(11(18)19)5-3-2-4-6-13/h7-8H,2-6,9H2,1H3,(H,18,19)(H2,14,16,20). The van der Waals surface area contributed by atoms with Crippen LogP contribution in [-0.2, 0) is 11.8 Å². The molecule has 7 heteroatoms. The van der Waals surface area contributed by atoms with Gasteiger partial charge in [-0.15, -0.1) is 0 Å². The van der Waals surface area contributed by atoms with Gasteiger partial charge in [0, 0.05) is 19.8 Å². The molecule has 20 heavy (non-hydrogen) atoms. The zero-order valence-electron chi connectivity index (χ0n) is 11.6. The number of aryl methyl sites for hydroxylation is 1. The Bertz CT molecular complexity index is 492. The van der Waals surface area contributed by atoms with Crippen LogP contribution in [0.5, 0.6) is 0 Å². The van der Waals surface area contributed by atoms with Crippen LogP contribution >= 0.6 is 0 Å². The summed E-state index contributed by atoms with van der Waals surface area (Å²) in [5, 5.41) is 18.6. The van der Waals surface area contributed by atoms with Crippen molar-refractivity contribution in [2.45, 2.75) is 32.1 Å². The van der Waals surface area contributed by atoms with Crippen molar-refractivity contribution in [2.24, 2.45) is 12.5 Å². The van der Waals surface area contributed by atoms with Crippen molar-refractivity contribution in [1.82, 2.24) is 15.1 Å². The Morgan fingerprint density at radius 1 is 1.40 bits per heavy atom. The molecular weight excluding hydrogens is 260 g/mol. The Morgan fingerprint density at radius 3 is 2.65 bits per heavy atom. The van der Waals surface area contributed by atoms with Crippen molar-refractivity contribution >= 4 is 17.7 Å². The Labute approximate surface area is 117 Å². The zero-order valence-corrected chi connectivity index (χ0v) is 11.6. The van der Waals surface area contributed by atoms with Crippen LogP contribution in [0.3, 0.4) is 0 Å². The van der Waals surface area contributed by atoms with Crippen LogP contribution in [0.25, 0.3) is 0 Å². The maximum atomic E-state index is 11.8. The first kappa shape index (κ1) is 14.4. The van der Waals surface area contributed by atoms with Gasteiger partial charge in [0.25, 0.3) is 0 Å². The lowest BCUT2D eigenvalue weighted by molar-refractivity contribution is -0.150. The highest BCUT2D eigenvalue weighted by atomic mass is 16.4. The van der Waals surface area contributed by atoms with Gasteiger partial charge in [-0.25, -0.2) is 4.79 Å². The van der Waals surface area contributed by atoms with Crippen LogP contribution in [-0.4, -0.2) is 33.4 Å². The van der Waals surface area contributed by atoms with Gasteiger partial charge in [-0.05, 0) is 12.8 Å². The molecule has 0 bridgehead atoms. The highest BCUT2D eigenvalue weighted by Crippen LogP contribution is 2.35. The number of aromatic nitrogens is 2. The number of carbonyl (C=O) groups is 2. The number of nitrogens with one attached hydrogen (secondary N) is 2. The van der Waals surface area contributed by atoms with Crippen molar-refractivity contribution in [3.63, 3.8) is 0 Å². The fraction of sp³-hybridized carbons (Fsp3) is 0.615. The van der Waals surface area contributed by atoms with Crippen molar-refractivity contribution < 1.29 is 14.7 Å². The molecule has 3 N–H and O–H groups in total. The molecule has 0 aliphatic heterocycles. The molecule has 2 rings (SSSR count). The van der Waals surface area contributed by atoms with E-state index in [1.165, 1.54) is 6.20 Å². The van der Waals surface area contributed by atoms with E-state index < -0.39 is 17.4 Å². The number of nitrogens with zero attached hydrogens (tertiary/aromatic N) is 2. The van der Waals surface area contributed by atoms with E-state index in [9.17, 15) is 14.7 Å². The van der Waals surface area contributed by atoms with E-state index in [1.807, 2.05) is 0 Å². The van der Waals surface area contributed by atoms with Crippen LogP contribution in [0, 0.1) is 5.41 Å². The number of urea groups is 1. The average Bonchev–Trinajstić information content (AvgIpc) is 2.83. The second-order valence-electron chi connectivity index (χ2n) is 5.36. The Kier molecular flexibility index (Phi) is 4.26. The molecule has 2 amide bonds. The first-order chi connectivity index (χ1) is 9.52. The summed E-state index contributed by atoms with van der Waals surface area (Å²) in [5.41, 5.74) is -0.233. The third kappa shape index (κ3) is 3.28. The summed E-state index contributed by atoms with van der Waals surface area (Å²) in [5.74, 6) is -0.820. The molecule has 1 aliphatic carbocycles. The maximum Gasteiger partial charge on any atom is 0.319 e. The number of hydrogen-bond donors (Lipinski definition) is 3. The first-order valence-electron chi connectivity index (χ1n) is 6.79.